The molecule has 5 heteroatoms. The van der Waals surface area contributed by atoms with Gasteiger partial charge in [0.2, 0.25) is 12.2 Å². The quantitative estimate of drug-likeness (QED) is 0.653. The van der Waals surface area contributed by atoms with E-state index in [-0.39, 0.29) is 0 Å². The second-order valence-electron chi connectivity index (χ2n) is 3.20. The lowest BCUT2D eigenvalue weighted by atomic mass is 10.2. The summed E-state index contributed by atoms with van der Waals surface area (Å²) in [4.78, 5) is 3.89. The molecule has 0 atom stereocenters. The summed E-state index contributed by atoms with van der Waals surface area (Å²) in [5, 5.41) is 7.56. The molecule has 0 saturated heterocycles. The van der Waals surface area contributed by atoms with Crippen LogP contribution in [0.3, 0.4) is 0 Å². The maximum Gasteiger partial charge on any atom is 0.224 e. The number of rotatable bonds is 2. The Bertz CT molecular complexity index is 572. The standard InChI is InChI=1S/C11H7N3O2/c1-2-4-8(5-3-1)10-6-9(13-16-10)11-12-7-15-14-11/h1-7H. The normalized spacial score (nSPS) is 10.5. The summed E-state index contributed by atoms with van der Waals surface area (Å²) >= 11 is 0. The molecule has 78 valence electrons. The lowest BCUT2D eigenvalue weighted by Gasteiger charge is -1.91. The summed E-state index contributed by atoms with van der Waals surface area (Å²) in [7, 11) is 0. The molecule has 5 nitrogen and oxygen atoms in total. The summed E-state index contributed by atoms with van der Waals surface area (Å²) in [6.45, 7) is 0. The minimum atomic E-state index is 0.422. The van der Waals surface area contributed by atoms with Crippen LogP contribution in [-0.4, -0.2) is 15.3 Å². The van der Waals surface area contributed by atoms with E-state index >= 15 is 0 Å². The highest BCUT2D eigenvalue weighted by Gasteiger charge is 2.11. The van der Waals surface area contributed by atoms with Crippen LogP contribution in [0.1, 0.15) is 0 Å². The van der Waals surface area contributed by atoms with Gasteiger partial charge in [-0.1, -0.05) is 40.6 Å². The molecule has 2 aromatic heterocycles. The minimum Gasteiger partial charge on any atom is -0.356 e. The second kappa shape index (κ2) is 3.62. The first kappa shape index (κ1) is 8.84. The zero-order valence-corrected chi connectivity index (χ0v) is 8.20. The van der Waals surface area contributed by atoms with E-state index in [4.69, 9.17) is 4.52 Å². The van der Waals surface area contributed by atoms with E-state index in [1.165, 1.54) is 6.39 Å². The average Bonchev–Trinajstić information content (AvgIpc) is 3.01. The average molecular weight is 213 g/mol. The largest absolute Gasteiger partial charge is 0.356 e. The van der Waals surface area contributed by atoms with Crippen LogP contribution >= 0.6 is 0 Å². The summed E-state index contributed by atoms with van der Waals surface area (Å²) in [5.74, 6) is 1.10. The number of hydrogen-bond donors (Lipinski definition) is 0. The highest BCUT2D eigenvalue weighted by atomic mass is 16.5. The van der Waals surface area contributed by atoms with Crippen LogP contribution < -0.4 is 0 Å². The number of aromatic nitrogens is 3. The molecule has 16 heavy (non-hydrogen) atoms. The maximum absolute atomic E-state index is 5.20. The van der Waals surface area contributed by atoms with Crippen molar-refractivity contribution < 1.29 is 9.05 Å². The summed E-state index contributed by atoms with van der Waals surface area (Å²) in [6.07, 6.45) is 1.26. The van der Waals surface area contributed by atoms with Gasteiger partial charge in [-0.3, -0.25) is 0 Å². The van der Waals surface area contributed by atoms with Gasteiger partial charge in [0.1, 0.15) is 0 Å². The van der Waals surface area contributed by atoms with Crippen LogP contribution in [0.2, 0.25) is 0 Å². The predicted octanol–water partition coefficient (Wildman–Crippen LogP) is 2.39. The van der Waals surface area contributed by atoms with Crippen LogP contribution in [0.4, 0.5) is 0 Å². The van der Waals surface area contributed by atoms with Gasteiger partial charge >= 0.3 is 0 Å². The van der Waals surface area contributed by atoms with Gasteiger partial charge in [0.25, 0.3) is 0 Å². The summed E-state index contributed by atoms with van der Waals surface area (Å²) < 4.78 is 9.84. The van der Waals surface area contributed by atoms with E-state index in [0.717, 1.165) is 5.56 Å². The zero-order valence-electron chi connectivity index (χ0n) is 8.20. The van der Waals surface area contributed by atoms with Crippen molar-refractivity contribution >= 4 is 0 Å². The molecular formula is C11H7N3O2. The first-order valence-corrected chi connectivity index (χ1v) is 4.72. The molecule has 0 aliphatic rings. The van der Waals surface area contributed by atoms with Crippen LogP contribution in [-0.2, 0) is 0 Å². The fraction of sp³-hybridized carbons (Fsp3) is 0. The van der Waals surface area contributed by atoms with Crippen molar-refractivity contribution in [3.63, 3.8) is 0 Å². The third-order valence-electron chi connectivity index (χ3n) is 2.16. The van der Waals surface area contributed by atoms with Crippen molar-refractivity contribution in [2.24, 2.45) is 0 Å². The van der Waals surface area contributed by atoms with E-state index in [1.54, 1.807) is 6.07 Å². The molecule has 0 saturated carbocycles. The highest BCUT2D eigenvalue weighted by molar-refractivity contribution is 5.62. The first-order valence-electron chi connectivity index (χ1n) is 4.72. The van der Waals surface area contributed by atoms with Crippen LogP contribution in [0.5, 0.6) is 0 Å². The predicted molar refractivity (Wildman–Crippen MR) is 55.2 cm³/mol. The topological polar surface area (TPSA) is 65.0 Å². The van der Waals surface area contributed by atoms with Gasteiger partial charge in [0.05, 0.1) is 0 Å². The first-order chi connectivity index (χ1) is 7.93. The fourth-order valence-electron chi connectivity index (χ4n) is 1.40. The van der Waals surface area contributed by atoms with E-state index in [2.05, 4.69) is 19.8 Å². The molecule has 0 radical (unpaired) electrons. The van der Waals surface area contributed by atoms with Crippen molar-refractivity contribution in [1.82, 2.24) is 15.3 Å². The highest BCUT2D eigenvalue weighted by Crippen LogP contribution is 2.23. The van der Waals surface area contributed by atoms with Crippen molar-refractivity contribution in [1.29, 1.82) is 0 Å². The third-order valence-corrected chi connectivity index (χ3v) is 2.16. The Morgan fingerprint density at radius 3 is 2.62 bits per heavy atom. The molecule has 3 aromatic rings. The molecule has 0 spiro atoms. The fourth-order valence-corrected chi connectivity index (χ4v) is 1.40. The van der Waals surface area contributed by atoms with E-state index in [0.29, 0.717) is 17.3 Å². The molecule has 0 bridgehead atoms. The third kappa shape index (κ3) is 1.48. The Hall–Kier alpha value is -2.43. The zero-order chi connectivity index (χ0) is 10.8. The number of benzene rings is 1. The monoisotopic (exact) mass is 213 g/mol. The molecule has 0 N–H and O–H groups in total. The molecule has 0 fully saturated rings. The Morgan fingerprint density at radius 2 is 1.88 bits per heavy atom. The van der Waals surface area contributed by atoms with Gasteiger partial charge in [-0.2, -0.15) is 4.98 Å². The minimum absolute atomic E-state index is 0.422. The summed E-state index contributed by atoms with van der Waals surface area (Å²) in [5.41, 5.74) is 1.53. The Morgan fingerprint density at radius 1 is 1.00 bits per heavy atom. The van der Waals surface area contributed by atoms with Crippen molar-refractivity contribution in [2.75, 3.05) is 0 Å². The van der Waals surface area contributed by atoms with Crippen molar-refractivity contribution in [3.05, 3.63) is 42.8 Å². The van der Waals surface area contributed by atoms with Crippen LogP contribution in [0.25, 0.3) is 22.8 Å². The van der Waals surface area contributed by atoms with Gasteiger partial charge in [-0.25, -0.2) is 0 Å². The Balaban J connectivity index is 2.00. The van der Waals surface area contributed by atoms with Crippen molar-refractivity contribution in [2.45, 2.75) is 0 Å². The molecule has 0 aliphatic carbocycles. The van der Waals surface area contributed by atoms with Gasteiger partial charge < -0.3 is 9.05 Å². The number of nitrogens with zero attached hydrogens (tertiary/aromatic N) is 3. The second-order valence-corrected chi connectivity index (χ2v) is 3.20. The van der Waals surface area contributed by atoms with Crippen LogP contribution in [0, 0.1) is 0 Å². The molecule has 1 aromatic carbocycles. The molecule has 3 rings (SSSR count). The number of hydrogen-bond acceptors (Lipinski definition) is 5. The van der Waals surface area contributed by atoms with Gasteiger partial charge in [-0.05, 0) is 0 Å². The van der Waals surface area contributed by atoms with Crippen molar-refractivity contribution in [3.8, 4) is 22.8 Å². The maximum atomic E-state index is 5.20. The van der Waals surface area contributed by atoms with E-state index in [9.17, 15) is 0 Å². The van der Waals surface area contributed by atoms with Gasteiger partial charge in [0.15, 0.2) is 11.5 Å². The van der Waals surface area contributed by atoms with E-state index < -0.39 is 0 Å². The van der Waals surface area contributed by atoms with Gasteiger partial charge in [-0.15, -0.1) is 0 Å². The van der Waals surface area contributed by atoms with Crippen LogP contribution in [0.15, 0.2) is 51.8 Å². The van der Waals surface area contributed by atoms with Gasteiger partial charge in [0, 0.05) is 11.6 Å². The Labute approximate surface area is 90.7 Å². The smallest absolute Gasteiger partial charge is 0.224 e. The lowest BCUT2D eigenvalue weighted by Crippen LogP contribution is -1.77. The summed E-state index contributed by atoms with van der Waals surface area (Å²) in [6, 6.07) is 11.5. The Kier molecular flexibility index (Phi) is 2.00. The molecule has 0 amide bonds. The molecule has 0 unspecified atom stereocenters. The SMILES string of the molecule is c1ccc(-c2cc(-c3ncon3)no2)cc1. The molecule has 0 aliphatic heterocycles. The van der Waals surface area contributed by atoms with E-state index in [1.807, 2.05) is 30.3 Å². The molecule has 2 heterocycles. The lowest BCUT2D eigenvalue weighted by molar-refractivity contribution is 0.415. The molecular weight excluding hydrogens is 206 g/mol.